The van der Waals surface area contributed by atoms with E-state index in [4.69, 9.17) is 5.73 Å². The molecule has 0 amide bonds. The van der Waals surface area contributed by atoms with Crippen LogP contribution in [0.3, 0.4) is 0 Å². The van der Waals surface area contributed by atoms with Crippen LogP contribution in [0.1, 0.15) is 46.0 Å². The molecule has 2 nitrogen and oxygen atoms in total. The van der Waals surface area contributed by atoms with Gasteiger partial charge in [-0.15, -0.1) is 0 Å². The fourth-order valence-corrected chi connectivity index (χ4v) is 1.32. The van der Waals surface area contributed by atoms with Crippen molar-refractivity contribution in [2.24, 2.45) is 5.73 Å². The van der Waals surface area contributed by atoms with E-state index in [2.05, 4.69) is 11.9 Å². The standard InChI is InChI=1S/C5H11N.C4H9N.C2H6/c1-6-4-2-3-5-6;5-4-2-1-3-4;1-2/h2-5H2,1H3;4H,1-3,5H2;1-2H3. The average molecular weight is 186 g/mol. The van der Waals surface area contributed by atoms with Gasteiger partial charge in [0.15, 0.2) is 0 Å². The predicted molar refractivity (Wildman–Crippen MR) is 59.9 cm³/mol. The second kappa shape index (κ2) is 8.52. The Labute approximate surface area is 83.5 Å². The van der Waals surface area contributed by atoms with E-state index in [9.17, 15) is 0 Å². The first kappa shape index (κ1) is 12.9. The number of hydrogen-bond donors (Lipinski definition) is 1. The summed E-state index contributed by atoms with van der Waals surface area (Å²) in [5.74, 6) is 0. The van der Waals surface area contributed by atoms with Gasteiger partial charge in [-0.05, 0) is 45.8 Å². The summed E-state index contributed by atoms with van der Waals surface area (Å²) in [6, 6.07) is 0.565. The summed E-state index contributed by atoms with van der Waals surface area (Å²) in [6.45, 7) is 6.64. The molecule has 1 heterocycles. The molecule has 1 aliphatic carbocycles. The van der Waals surface area contributed by atoms with Crippen LogP contribution < -0.4 is 5.73 Å². The molecule has 0 aromatic rings. The Morgan fingerprint density at radius 2 is 1.38 bits per heavy atom. The van der Waals surface area contributed by atoms with Crippen LogP contribution in [0.4, 0.5) is 0 Å². The molecule has 2 fully saturated rings. The van der Waals surface area contributed by atoms with Gasteiger partial charge in [-0.2, -0.15) is 0 Å². The molecule has 13 heavy (non-hydrogen) atoms. The molecule has 0 spiro atoms. The minimum atomic E-state index is 0.565. The van der Waals surface area contributed by atoms with E-state index in [0.717, 1.165) is 0 Å². The number of hydrogen-bond acceptors (Lipinski definition) is 2. The summed E-state index contributed by atoms with van der Waals surface area (Å²) in [6.07, 6.45) is 6.72. The Hall–Kier alpha value is -0.0800. The van der Waals surface area contributed by atoms with Crippen molar-refractivity contribution in [1.29, 1.82) is 0 Å². The second-order valence-corrected chi connectivity index (χ2v) is 3.70. The van der Waals surface area contributed by atoms with Gasteiger partial charge in [-0.3, -0.25) is 0 Å². The van der Waals surface area contributed by atoms with Crippen LogP contribution in [0.25, 0.3) is 0 Å². The summed E-state index contributed by atoms with van der Waals surface area (Å²) in [4.78, 5) is 2.36. The molecule has 0 atom stereocenters. The Balaban J connectivity index is 0.000000189. The summed E-state index contributed by atoms with van der Waals surface area (Å²) in [5, 5.41) is 0. The first-order chi connectivity index (χ1) is 6.29. The maximum atomic E-state index is 5.38. The van der Waals surface area contributed by atoms with E-state index in [-0.39, 0.29) is 0 Å². The topological polar surface area (TPSA) is 29.3 Å². The van der Waals surface area contributed by atoms with Crippen molar-refractivity contribution < 1.29 is 0 Å². The van der Waals surface area contributed by atoms with E-state index in [1.807, 2.05) is 13.8 Å². The van der Waals surface area contributed by atoms with Crippen molar-refractivity contribution in [3.63, 3.8) is 0 Å². The van der Waals surface area contributed by atoms with Crippen molar-refractivity contribution in [3.05, 3.63) is 0 Å². The lowest BCUT2D eigenvalue weighted by atomic mass is 9.95. The number of rotatable bonds is 0. The van der Waals surface area contributed by atoms with E-state index >= 15 is 0 Å². The SMILES string of the molecule is CC.CN1CCCC1.NC1CCC1. The molecule has 0 radical (unpaired) electrons. The van der Waals surface area contributed by atoms with Gasteiger partial charge in [0.05, 0.1) is 0 Å². The van der Waals surface area contributed by atoms with Crippen LogP contribution >= 0.6 is 0 Å². The van der Waals surface area contributed by atoms with E-state index in [0.29, 0.717) is 6.04 Å². The lowest BCUT2D eigenvalue weighted by molar-refractivity contribution is 0.418. The smallest absolute Gasteiger partial charge is 0.00388 e. The van der Waals surface area contributed by atoms with Crippen LogP contribution in [-0.2, 0) is 0 Å². The molecule has 0 aromatic heterocycles. The first-order valence-electron chi connectivity index (χ1n) is 5.73. The third-order valence-electron chi connectivity index (χ3n) is 2.48. The minimum absolute atomic E-state index is 0.565. The fourth-order valence-electron chi connectivity index (χ4n) is 1.32. The van der Waals surface area contributed by atoms with Crippen molar-refractivity contribution in [2.75, 3.05) is 20.1 Å². The maximum Gasteiger partial charge on any atom is 0.00388 e. The van der Waals surface area contributed by atoms with Crippen molar-refractivity contribution >= 4 is 0 Å². The van der Waals surface area contributed by atoms with Gasteiger partial charge in [0.1, 0.15) is 0 Å². The van der Waals surface area contributed by atoms with Gasteiger partial charge in [-0.25, -0.2) is 0 Å². The van der Waals surface area contributed by atoms with Gasteiger partial charge in [0, 0.05) is 6.04 Å². The molecular weight excluding hydrogens is 160 g/mol. The molecule has 1 aliphatic heterocycles. The summed E-state index contributed by atoms with van der Waals surface area (Å²) >= 11 is 0. The van der Waals surface area contributed by atoms with Crippen LogP contribution in [0.2, 0.25) is 0 Å². The Morgan fingerprint density at radius 1 is 1.00 bits per heavy atom. The molecule has 80 valence electrons. The zero-order valence-corrected chi connectivity index (χ0v) is 9.55. The molecule has 2 aliphatic rings. The number of likely N-dealkylation sites (tertiary alicyclic amines) is 1. The molecule has 1 saturated carbocycles. The number of nitrogens with two attached hydrogens (primary N) is 1. The Morgan fingerprint density at radius 3 is 1.46 bits per heavy atom. The molecule has 0 bridgehead atoms. The zero-order valence-electron chi connectivity index (χ0n) is 9.55. The quantitative estimate of drug-likeness (QED) is 0.628. The Bertz CT molecular complexity index is 94.3. The molecule has 2 heteroatoms. The molecule has 0 unspecified atom stereocenters. The summed E-state index contributed by atoms with van der Waals surface area (Å²) in [7, 11) is 2.17. The minimum Gasteiger partial charge on any atom is -0.328 e. The highest BCUT2D eigenvalue weighted by Gasteiger charge is 2.09. The molecular formula is C11H26N2. The largest absolute Gasteiger partial charge is 0.328 e. The van der Waals surface area contributed by atoms with Gasteiger partial charge < -0.3 is 10.6 Å². The van der Waals surface area contributed by atoms with Crippen LogP contribution in [0.15, 0.2) is 0 Å². The van der Waals surface area contributed by atoms with Crippen molar-refractivity contribution in [1.82, 2.24) is 4.90 Å². The third kappa shape index (κ3) is 7.03. The fraction of sp³-hybridized carbons (Fsp3) is 1.00. The van der Waals surface area contributed by atoms with Crippen LogP contribution in [0.5, 0.6) is 0 Å². The zero-order chi connectivity index (χ0) is 10.1. The van der Waals surface area contributed by atoms with E-state index in [1.54, 1.807) is 0 Å². The lowest BCUT2D eigenvalue weighted by Gasteiger charge is -2.18. The predicted octanol–water partition coefficient (Wildman–Crippen LogP) is 2.24. The highest BCUT2D eigenvalue weighted by atomic mass is 15.1. The maximum absolute atomic E-state index is 5.38. The van der Waals surface area contributed by atoms with E-state index in [1.165, 1.54) is 45.2 Å². The molecule has 0 aromatic carbocycles. The van der Waals surface area contributed by atoms with Crippen molar-refractivity contribution in [3.8, 4) is 0 Å². The number of nitrogens with zero attached hydrogens (tertiary/aromatic N) is 1. The second-order valence-electron chi connectivity index (χ2n) is 3.70. The molecule has 2 rings (SSSR count). The summed E-state index contributed by atoms with van der Waals surface area (Å²) in [5.41, 5.74) is 5.38. The van der Waals surface area contributed by atoms with Crippen molar-refractivity contribution in [2.45, 2.75) is 52.0 Å². The molecule has 1 saturated heterocycles. The van der Waals surface area contributed by atoms with Crippen LogP contribution in [0, 0.1) is 0 Å². The van der Waals surface area contributed by atoms with Gasteiger partial charge in [0.2, 0.25) is 0 Å². The van der Waals surface area contributed by atoms with Gasteiger partial charge in [-0.1, -0.05) is 20.3 Å². The summed E-state index contributed by atoms with van der Waals surface area (Å²) < 4.78 is 0. The Kier molecular flexibility index (Phi) is 8.46. The highest BCUT2D eigenvalue weighted by Crippen LogP contribution is 2.14. The van der Waals surface area contributed by atoms with Gasteiger partial charge >= 0.3 is 0 Å². The van der Waals surface area contributed by atoms with Gasteiger partial charge in [0.25, 0.3) is 0 Å². The first-order valence-corrected chi connectivity index (χ1v) is 5.73. The van der Waals surface area contributed by atoms with E-state index < -0.39 is 0 Å². The third-order valence-corrected chi connectivity index (χ3v) is 2.48. The van der Waals surface area contributed by atoms with Crippen LogP contribution in [-0.4, -0.2) is 31.1 Å². The lowest BCUT2D eigenvalue weighted by Crippen LogP contribution is -2.27. The highest BCUT2D eigenvalue weighted by molar-refractivity contribution is 4.70. The molecule has 2 N–H and O–H groups in total. The normalized spacial score (nSPS) is 22.2. The monoisotopic (exact) mass is 186 g/mol. The average Bonchev–Trinajstić information content (AvgIpc) is 2.57.